The number of hydrogen-bond acceptors (Lipinski definition) is 5. The van der Waals surface area contributed by atoms with E-state index in [1.54, 1.807) is 19.2 Å². The first-order valence-electron chi connectivity index (χ1n) is 6.27. The van der Waals surface area contributed by atoms with Crippen molar-refractivity contribution < 1.29 is 9.53 Å². The van der Waals surface area contributed by atoms with E-state index in [1.807, 2.05) is 30.3 Å². The zero-order chi connectivity index (χ0) is 14.2. The summed E-state index contributed by atoms with van der Waals surface area (Å²) < 4.78 is 5.53. The number of nitrogens with zero attached hydrogens (tertiary/aromatic N) is 2. The van der Waals surface area contributed by atoms with Crippen LogP contribution < -0.4 is 15.4 Å². The van der Waals surface area contributed by atoms with Crippen molar-refractivity contribution in [1.82, 2.24) is 15.5 Å². The third kappa shape index (κ3) is 3.94. The normalized spacial score (nSPS) is 9.85. The van der Waals surface area contributed by atoms with E-state index in [-0.39, 0.29) is 5.91 Å². The summed E-state index contributed by atoms with van der Waals surface area (Å²) in [4.78, 5) is 11.3. The molecule has 0 aliphatic heterocycles. The highest BCUT2D eigenvalue weighted by Crippen LogP contribution is 2.08. The fourth-order valence-electron chi connectivity index (χ4n) is 1.54. The van der Waals surface area contributed by atoms with E-state index in [1.165, 1.54) is 0 Å². The fourth-order valence-corrected chi connectivity index (χ4v) is 1.54. The van der Waals surface area contributed by atoms with Gasteiger partial charge in [0.05, 0.1) is 6.54 Å². The Morgan fingerprint density at radius 3 is 2.60 bits per heavy atom. The molecule has 1 aromatic heterocycles. The highest BCUT2D eigenvalue weighted by atomic mass is 16.5. The largest absolute Gasteiger partial charge is 0.492 e. The lowest BCUT2D eigenvalue weighted by Crippen LogP contribution is -2.20. The molecule has 0 atom stereocenters. The van der Waals surface area contributed by atoms with Gasteiger partial charge in [0.1, 0.15) is 18.2 Å². The first kappa shape index (κ1) is 13.8. The van der Waals surface area contributed by atoms with Crippen LogP contribution in [0.25, 0.3) is 0 Å². The van der Waals surface area contributed by atoms with Crippen LogP contribution in [-0.2, 0) is 0 Å². The second-order valence-electron chi connectivity index (χ2n) is 3.97. The van der Waals surface area contributed by atoms with Crippen molar-refractivity contribution in [3.8, 4) is 5.75 Å². The van der Waals surface area contributed by atoms with Crippen molar-refractivity contribution in [2.24, 2.45) is 0 Å². The van der Waals surface area contributed by atoms with Gasteiger partial charge in [-0.05, 0) is 24.3 Å². The Labute approximate surface area is 117 Å². The van der Waals surface area contributed by atoms with Crippen molar-refractivity contribution in [2.45, 2.75) is 0 Å². The molecule has 2 N–H and O–H groups in total. The number of ether oxygens (including phenoxy) is 1. The van der Waals surface area contributed by atoms with Crippen LogP contribution in [0, 0.1) is 0 Å². The number of carbonyl (C=O) groups excluding carboxylic acids is 1. The van der Waals surface area contributed by atoms with Crippen LogP contribution in [0.2, 0.25) is 0 Å². The summed E-state index contributed by atoms with van der Waals surface area (Å²) in [5.74, 6) is 1.18. The van der Waals surface area contributed by atoms with Gasteiger partial charge in [-0.15, -0.1) is 10.2 Å². The number of benzene rings is 1. The zero-order valence-corrected chi connectivity index (χ0v) is 11.2. The smallest absolute Gasteiger partial charge is 0.271 e. The maximum absolute atomic E-state index is 11.3. The molecule has 0 unspecified atom stereocenters. The monoisotopic (exact) mass is 272 g/mol. The Kier molecular flexibility index (Phi) is 4.88. The lowest BCUT2D eigenvalue weighted by molar-refractivity contribution is 0.0957. The number of anilines is 1. The second-order valence-corrected chi connectivity index (χ2v) is 3.97. The third-order valence-electron chi connectivity index (χ3n) is 2.54. The lowest BCUT2D eigenvalue weighted by Gasteiger charge is -2.07. The Morgan fingerprint density at radius 1 is 1.15 bits per heavy atom. The number of aromatic nitrogens is 2. The van der Waals surface area contributed by atoms with Gasteiger partial charge in [-0.2, -0.15) is 0 Å². The predicted molar refractivity (Wildman–Crippen MR) is 75.8 cm³/mol. The van der Waals surface area contributed by atoms with Crippen molar-refractivity contribution >= 4 is 11.7 Å². The summed E-state index contributed by atoms with van der Waals surface area (Å²) in [6, 6.07) is 12.9. The Morgan fingerprint density at radius 2 is 1.95 bits per heavy atom. The molecule has 0 aliphatic rings. The number of carbonyl (C=O) groups is 1. The predicted octanol–water partition coefficient (Wildman–Crippen LogP) is 1.33. The average molecular weight is 272 g/mol. The van der Waals surface area contributed by atoms with Gasteiger partial charge in [0.15, 0.2) is 5.69 Å². The van der Waals surface area contributed by atoms with Crippen molar-refractivity contribution in [3.63, 3.8) is 0 Å². The highest BCUT2D eigenvalue weighted by Gasteiger charge is 2.04. The fraction of sp³-hybridized carbons (Fsp3) is 0.214. The molecule has 2 rings (SSSR count). The molecule has 0 spiro atoms. The van der Waals surface area contributed by atoms with Gasteiger partial charge in [-0.3, -0.25) is 4.79 Å². The number of rotatable bonds is 6. The van der Waals surface area contributed by atoms with E-state index < -0.39 is 0 Å². The molecule has 1 heterocycles. The molecule has 0 saturated heterocycles. The summed E-state index contributed by atoms with van der Waals surface area (Å²) in [6.07, 6.45) is 0. The van der Waals surface area contributed by atoms with E-state index >= 15 is 0 Å². The topological polar surface area (TPSA) is 76.1 Å². The number of amides is 1. The van der Waals surface area contributed by atoms with Gasteiger partial charge in [0, 0.05) is 7.05 Å². The molecule has 1 amide bonds. The molecule has 0 radical (unpaired) electrons. The van der Waals surface area contributed by atoms with E-state index in [9.17, 15) is 4.79 Å². The van der Waals surface area contributed by atoms with E-state index in [0.717, 1.165) is 5.75 Å². The first-order valence-corrected chi connectivity index (χ1v) is 6.27. The molecule has 0 fully saturated rings. The van der Waals surface area contributed by atoms with Gasteiger partial charge in [0.25, 0.3) is 5.91 Å². The van der Waals surface area contributed by atoms with Crippen LogP contribution in [0.1, 0.15) is 10.5 Å². The van der Waals surface area contributed by atoms with E-state index in [0.29, 0.717) is 24.7 Å². The quantitative estimate of drug-likeness (QED) is 0.776. The van der Waals surface area contributed by atoms with Gasteiger partial charge >= 0.3 is 0 Å². The minimum Gasteiger partial charge on any atom is -0.492 e. The number of para-hydroxylation sites is 1. The van der Waals surface area contributed by atoms with Gasteiger partial charge in [-0.1, -0.05) is 18.2 Å². The van der Waals surface area contributed by atoms with Gasteiger partial charge in [0.2, 0.25) is 0 Å². The minimum atomic E-state index is -0.253. The zero-order valence-electron chi connectivity index (χ0n) is 11.2. The molecule has 2 aromatic rings. The molecule has 6 nitrogen and oxygen atoms in total. The van der Waals surface area contributed by atoms with Crippen LogP contribution in [-0.4, -0.2) is 36.3 Å². The van der Waals surface area contributed by atoms with Crippen LogP contribution in [0.4, 0.5) is 5.82 Å². The number of hydrogen-bond donors (Lipinski definition) is 2. The van der Waals surface area contributed by atoms with Crippen LogP contribution in [0.5, 0.6) is 5.75 Å². The molecule has 6 heteroatoms. The second kappa shape index (κ2) is 7.08. The standard InChI is InChI=1S/C14H16N4O2/c1-15-14(19)12-7-8-13(18-17-12)16-9-10-20-11-5-3-2-4-6-11/h2-8H,9-10H2,1H3,(H,15,19)(H,16,18). The summed E-state index contributed by atoms with van der Waals surface area (Å²) in [5, 5.41) is 13.3. The van der Waals surface area contributed by atoms with Gasteiger partial charge in [-0.25, -0.2) is 0 Å². The Hall–Kier alpha value is -2.63. The third-order valence-corrected chi connectivity index (χ3v) is 2.54. The Balaban J connectivity index is 1.75. The van der Waals surface area contributed by atoms with Gasteiger partial charge < -0.3 is 15.4 Å². The molecule has 0 aliphatic carbocycles. The molecule has 20 heavy (non-hydrogen) atoms. The van der Waals surface area contributed by atoms with Crippen LogP contribution in [0.3, 0.4) is 0 Å². The summed E-state index contributed by atoms with van der Waals surface area (Å²) in [5.41, 5.74) is 0.290. The molecule has 1 aromatic carbocycles. The first-order chi connectivity index (χ1) is 9.79. The summed E-state index contributed by atoms with van der Waals surface area (Å²) in [6.45, 7) is 1.12. The average Bonchev–Trinajstić information content (AvgIpc) is 2.52. The maximum Gasteiger partial charge on any atom is 0.271 e. The van der Waals surface area contributed by atoms with Crippen LogP contribution in [0.15, 0.2) is 42.5 Å². The van der Waals surface area contributed by atoms with Crippen LogP contribution >= 0.6 is 0 Å². The van der Waals surface area contributed by atoms with E-state index in [4.69, 9.17) is 4.74 Å². The van der Waals surface area contributed by atoms with E-state index in [2.05, 4.69) is 20.8 Å². The van der Waals surface area contributed by atoms with Crippen molar-refractivity contribution in [3.05, 3.63) is 48.2 Å². The molecular weight excluding hydrogens is 256 g/mol. The molecule has 0 bridgehead atoms. The SMILES string of the molecule is CNC(=O)c1ccc(NCCOc2ccccc2)nn1. The maximum atomic E-state index is 11.3. The summed E-state index contributed by atoms with van der Waals surface area (Å²) in [7, 11) is 1.55. The molecule has 104 valence electrons. The highest BCUT2D eigenvalue weighted by molar-refractivity contribution is 5.91. The lowest BCUT2D eigenvalue weighted by atomic mass is 10.3. The van der Waals surface area contributed by atoms with Crippen molar-refractivity contribution in [2.75, 3.05) is 25.5 Å². The van der Waals surface area contributed by atoms with Crippen molar-refractivity contribution in [1.29, 1.82) is 0 Å². The molecular formula is C14H16N4O2. The minimum absolute atomic E-state index is 0.253. The number of nitrogens with one attached hydrogen (secondary N) is 2. The molecule has 0 saturated carbocycles. The Bertz CT molecular complexity index is 543. The summed E-state index contributed by atoms with van der Waals surface area (Å²) >= 11 is 0.